The van der Waals surface area contributed by atoms with Crippen molar-refractivity contribution >= 4 is 27.5 Å². The molecule has 4 nitrogen and oxygen atoms in total. The van der Waals surface area contributed by atoms with Crippen LogP contribution < -0.4 is 9.64 Å². The van der Waals surface area contributed by atoms with Crippen molar-refractivity contribution in [2.24, 2.45) is 0 Å². The molecule has 1 amide bonds. The number of halogens is 1. The first-order valence-corrected chi connectivity index (χ1v) is 7.92. The highest BCUT2D eigenvalue weighted by molar-refractivity contribution is 9.10. The lowest BCUT2D eigenvalue weighted by Gasteiger charge is -2.22. The molecule has 2 rings (SSSR count). The van der Waals surface area contributed by atoms with Gasteiger partial charge in [-0.05, 0) is 61.9 Å². The number of ether oxygens (including phenoxy) is 1. The third-order valence-corrected chi connectivity index (χ3v) is 4.39. The fourth-order valence-electron chi connectivity index (χ4n) is 2.10. The van der Waals surface area contributed by atoms with Gasteiger partial charge < -0.3 is 9.64 Å². The van der Waals surface area contributed by atoms with Gasteiger partial charge in [0.25, 0.3) is 5.91 Å². The predicted molar refractivity (Wildman–Crippen MR) is 93.5 cm³/mol. The second-order valence-electron chi connectivity index (χ2n) is 5.23. The van der Waals surface area contributed by atoms with Crippen molar-refractivity contribution in [3.05, 3.63) is 58.1 Å². The van der Waals surface area contributed by atoms with E-state index in [2.05, 4.69) is 15.9 Å². The Morgan fingerprint density at radius 1 is 1.26 bits per heavy atom. The van der Waals surface area contributed by atoms with Gasteiger partial charge in [-0.25, -0.2) is 0 Å². The topological polar surface area (TPSA) is 53.3 Å². The number of hydrogen-bond donors (Lipinski definition) is 0. The number of rotatable bonds is 4. The van der Waals surface area contributed by atoms with E-state index in [1.165, 1.54) is 0 Å². The number of hydrogen-bond acceptors (Lipinski definition) is 3. The molecule has 2 aromatic rings. The van der Waals surface area contributed by atoms with Gasteiger partial charge in [0.15, 0.2) is 6.10 Å². The summed E-state index contributed by atoms with van der Waals surface area (Å²) in [5.41, 5.74) is 2.42. The Balaban J connectivity index is 2.08. The van der Waals surface area contributed by atoms with Crippen molar-refractivity contribution in [2.75, 3.05) is 11.9 Å². The van der Waals surface area contributed by atoms with Crippen molar-refractivity contribution in [3.8, 4) is 11.8 Å². The summed E-state index contributed by atoms with van der Waals surface area (Å²) in [7, 11) is 1.73. The minimum absolute atomic E-state index is 0.143. The first kappa shape index (κ1) is 17.0. The van der Waals surface area contributed by atoms with Gasteiger partial charge in [-0.1, -0.05) is 15.9 Å². The number of aryl methyl sites for hydroxylation is 1. The number of likely N-dealkylation sites (N-methyl/N-ethyl adjacent to an activating group) is 1. The predicted octanol–water partition coefficient (Wildman–Crippen LogP) is 4.06. The molecule has 0 aliphatic heterocycles. The van der Waals surface area contributed by atoms with E-state index in [0.29, 0.717) is 11.3 Å². The number of benzene rings is 2. The van der Waals surface area contributed by atoms with E-state index < -0.39 is 6.10 Å². The normalized spacial score (nSPS) is 11.4. The maximum Gasteiger partial charge on any atom is 0.267 e. The van der Waals surface area contributed by atoms with Gasteiger partial charge in [-0.3, -0.25) is 4.79 Å². The Labute approximate surface area is 144 Å². The van der Waals surface area contributed by atoms with Crippen molar-refractivity contribution in [1.29, 1.82) is 5.26 Å². The highest BCUT2D eigenvalue weighted by atomic mass is 79.9. The van der Waals surface area contributed by atoms with Gasteiger partial charge in [0.1, 0.15) is 5.75 Å². The molecule has 0 aliphatic rings. The minimum Gasteiger partial charge on any atom is -0.481 e. The number of carbonyl (C=O) groups excluding carboxylic acids is 1. The fraction of sp³-hybridized carbons (Fsp3) is 0.222. The largest absolute Gasteiger partial charge is 0.481 e. The lowest BCUT2D eigenvalue weighted by atomic mass is 10.2. The van der Waals surface area contributed by atoms with Crippen LogP contribution in [0.25, 0.3) is 0 Å². The van der Waals surface area contributed by atoms with E-state index in [1.54, 1.807) is 43.1 Å². The zero-order valence-electron chi connectivity index (χ0n) is 13.2. The quantitative estimate of drug-likeness (QED) is 0.812. The van der Waals surface area contributed by atoms with E-state index in [1.807, 2.05) is 31.2 Å². The molecule has 1 atom stereocenters. The second-order valence-corrected chi connectivity index (χ2v) is 6.08. The molecular weight excluding hydrogens is 356 g/mol. The smallest absolute Gasteiger partial charge is 0.267 e. The second kappa shape index (κ2) is 7.30. The highest BCUT2D eigenvalue weighted by Crippen LogP contribution is 2.23. The van der Waals surface area contributed by atoms with Crippen LogP contribution in [0.5, 0.6) is 5.75 Å². The molecule has 23 heavy (non-hydrogen) atoms. The SMILES string of the molecule is Cc1cc(N(C)C(=O)C(C)Oc2ccc(C#N)cc2)ccc1Br. The molecule has 0 bridgehead atoms. The van der Waals surface area contributed by atoms with Crippen LogP contribution in [0, 0.1) is 18.3 Å². The molecular formula is C18H17BrN2O2. The molecule has 0 spiro atoms. The molecule has 1 unspecified atom stereocenters. The molecule has 0 heterocycles. The molecule has 0 N–H and O–H groups in total. The first-order valence-electron chi connectivity index (χ1n) is 7.13. The molecule has 118 valence electrons. The van der Waals surface area contributed by atoms with Gasteiger partial charge >= 0.3 is 0 Å². The van der Waals surface area contributed by atoms with E-state index in [0.717, 1.165) is 15.7 Å². The summed E-state index contributed by atoms with van der Waals surface area (Å²) < 4.78 is 6.67. The third kappa shape index (κ3) is 4.11. The summed E-state index contributed by atoms with van der Waals surface area (Å²) in [5.74, 6) is 0.418. The van der Waals surface area contributed by atoms with Crippen molar-refractivity contribution in [2.45, 2.75) is 20.0 Å². The minimum atomic E-state index is -0.628. The van der Waals surface area contributed by atoms with Crippen molar-refractivity contribution in [3.63, 3.8) is 0 Å². The molecule has 0 radical (unpaired) electrons. The van der Waals surface area contributed by atoms with Gasteiger partial charge in [0.2, 0.25) is 0 Å². The van der Waals surface area contributed by atoms with Crippen LogP contribution in [-0.2, 0) is 4.79 Å². The molecule has 2 aromatic carbocycles. The van der Waals surface area contributed by atoms with Crippen LogP contribution in [0.2, 0.25) is 0 Å². The summed E-state index contributed by atoms with van der Waals surface area (Å²) in [4.78, 5) is 14.1. The van der Waals surface area contributed by atoms with Gasteiger partial charge in [0, 0.05) is 17.2 Å². The Kier molecular flexibility index (Phi) is 5.41. The Bertz CT molecular complexity index is 751. The van der Waals surface area contributed by atoms with Gasteiger partial charge in [-0.15, -0.1) is 0 Å². The average molecular weight is 373 g/mol. The number of carbonyl (C=O) groups is 1. The standard InChI is InChI=1S/C18H17BrN2O2/c1-12-10-15(6-9-17(12)19)21(3)18(22)13(2)23-16-7-4-14(11-20)5-8-16/h4-10,13H,1-3H3. The first-order chi connectivity index (χ1) is 10.9. The van der Waals surface area contributed by atoms with Crippen LogP contribution in [0.4, 0.5) is 5.69 Å². The van der Waals surface area contributed by atoms with E-state index in [4.69, 9.17) is 10.00 Å². The Hall–Kier alpha value is -2.32. The summed E-state index contributed by atoms with van der Waals surface area (Å²) in [5, 5.41) is 8.78. The lowest BCUT2D eigenvalue weighted by molar-refractivity contribution is -0.124. The van der Waals surface area contributed by atoms with E-state index in [-0.39, 0.29) is 5.91 Å². The molecule has 0 aliphatic carbocycles. The maximum atomic E-state index is 12.5. The van der Waals surface area contributed by atoms with Crippen LogP contribution in [0.1, 0.15) is 18.1 Å². The number of anilines is 1. The molecule has 0 saturated carbocycles. The third-order valence-electron chi connectivity index (χ3n) is 3.50. The van der Waals surface area contributed by atoms with Crippen LogP contribution in [-0.4, -0.2) is 19.1 Å². The van der Waals surface area contributed by atoms with E-state index >= 15 is 0 Å². The van der Waals surface area contributed by atoms with Crippen LogP contribution >= 0.6 is 15.9 Å². The molecule has 0 fully saturated rings. The summed E-state index contributed by atoms with van der Waals surface area (Å²) in [6.07, 6.45) is -0.628. The summed E-state index contributed by atoms with van der Waals surface area (Å²) in [6, 6.07) is 14.5. The van der Waals surface area contributed by atoms with Gasteiger partial charge in [0.05, 0.1) is 11.6 Å². The maximum absolute atomic E-state index is 12.5. The van der Waals surface area contributed by atoms with Gasteiger partial charge in [-0.2, -0.15) is 5.26 Å². The number of amides is 1. The number of nitrogens with zero attached hydrogens (tertiary/aromatic N) is 2. The monoisotopic (exact) mass is 372 g/mol. The van der Waals surface area contributed by atoms with Crippen molar-refractivity contribution < 1.29 is 9.53 Å². The zero-order valence-corrected chi connectivity index (χ0v) is 14.8. The molecule has 5 heteroatoms. The number of nitriles is 1. The van der Waals surface area contributed by atoms with Crippen LogP contribution in [0.15, 0.2) is 46.9 Å². The van der Waals surface area contributed by atoms with E-state index in [9.17, 15) is 4.79 Å². The summed E-state index contributed by atoms with van der Waals surface area (Å²) >= 11 is 3.45. The van der Waals surface area contributed by atoms with Crippen LogP contribution in [0.3, 0.4) is 0 Å². The zero-order chi connectivity index (χ0) is 17.0. The average Bonchev–Trinajstić information content (AvgIpc) is 2.56. The Morgan fingerprint density at radius 2 is 1.91 bits per heavy atom. The molecule has 0 aromatic heterocycles. The Morgan fingerprint density at radius 3 is 2.48 bits per heavy atom. The highest BCUT2D eigenvalue weighted by Gasteiger charge is 2.20. The lowest BCUT2D eigenvalue weighted by Crippen LogP contribution is -2.38. The fourth-order valence-corrected chi connectivity index (χ4v) is 2.35. The van der Waals surface area contributed by atoms with Crippen molar-refractivity contribution in [1.82, 2.24) is 0 Å². The summed E-state index contributed by atoms with van der Waals surface area (Å²) in [6.45, 7) is 3.69. The molecule has 0 saturated heterocycles.